The van der Waals surface area contributed by atoms with Gasteiger partial charge < -0.3 is 20.3 Å². The first kappa shape index (κ1) is 15.7. The van der Waals surface area contributed by atoms with E-state index in [-0.39, 0.29) is 42.7 Å². The third-order valence-electron chi connectivity index (χ3n) is 4.98. The summed E-state index contributed by atoms with van der Waals surface area (Å²) in [5.74, 6) is -0.0600. The SMILES string of the molecule is Nc1ccc(C(=O)N2CCS(=O)(=O)CC2)c(N2CC3CC(C2)O3)c1. The number of amides is 1. The Labute approximate surface area is 141 Å². The van der Waals surface area contributed by atoms with Crippen LogP contribution in [0.25, 0.3) is 0 Å². The molecule has 2 unspecified atom stereocenters. The smallest absolute Gasteiger partial charge is 0.256 e. The summed E-state index contributed by atoms with van der Waals surface area (Å²) in [6.45, 7) is 2.02. The van der Waals surface area contributed by atoms with E-state index in [4.69, 9.17) is 10.5 Å². The van der Waals surface area contributed by atoms with Gasteiger partial charge in [0.15, 0.2) is 9.84 Å². The van der Waals surface area contributed by atoms with Crippen molar-refractivity contribution in [1.29, 1.82) is 0 Å². The van der Waals surface area contributed by atoms with E-state index < -0.39 is 9.84 Å². The summed E-state index contributed by atoms with van der Waals surface area (Å²) in [5.41, 5.74) is 7.96. The number of rotatable bonds is 2. The molecule has 4 aliphatic heterocycles. The van der Waals surface area contributed by atoms with E-state index in [2.05, 4.69) is 4.90 Å². The Morgan fingerprint density at radius 2 is 1.79 bits per heavy atom. The quantitative estimate of drug-likeness (QED) is 0.761. The Morgan fingerprint density at radius 3 is 2.42 bits per heavy atom. The van der Waals surface area contributed by atoms with Gasteiger partial charge in [0.2, 0.25) is 0 Å². The summed E-state index contributed by atoms with van der Waals surface area (Å²) in [5, 5.41) is 0. The van der Waals surface area contributed by atoms with E-state index in [1.54, 1.807) is 17.0 Å². The molecule has 4 saturated heterocycles. The molecule has 4 aliphatic rings. The third kappa shape index (κ3) is 2.84. The number of nitrogen functional groups attached to an aromatic ring is 1. The topological polar surface area (TPSA) is 92.9 Å². The summed E-state index contributed by atoms with van der Waals surface area (Å²) in [7, 11) is -3.01. The molecule has 8 heteroatoms. The van der Waals surface area contributed by atoms with Crippen LogP contribution in [0, 0.1) is 0 Å². The van der Waals surface area contributed by atoms with Crippen molar-refractivity contribution in [1.82, 2.24) is 4.90 Å². The van der Waals surface area contributed by atoms with E-state index in [0.717, 1.165) is 25.2 Å². The number of piperidine rings is 1. The van der Waals surface area contributed by atoms with Gasteiger partial charge in [-0.15, -0.1) is 0 Å². The average molecular weight is 351 g/mol. The van der Waals surface area contributed by atoms with E-state index in [0.29, 0.717) is 11.3 Å². The van der Waals surface area contributed by atoms with Gasteiger partial charge in [0.1, 0.15) is 0 Å². The van der Waals surface area contributed by atoms with Gasteiger partial charge in [-0.2, -0.15) is 0 Å². The maximum Gasteiger partial charge on any atom is 0.256 e. The number of benzene rings is 1. The highest BCUT2D eigenvalue weighted by Gasteiger charge is 2.39. The fourth-order valence-electron chi connectivity index (χ4n) is 3.63. The Morgan fingerprint density at radius 1 is 1.17 bits per heavy atom. The lowest BCUT2D eigenvalue weighted by Crippen LogP contribution is -2.57. The zero-order valence-corrected chi connectivity index (χ0v) is 14.2. The summed E-state index contributed by atoms with van der Waals surface area (Å²) >= 11 is 0. The van der Waals surface area contributed by atoms with Gasteiger partial charge in [-0.1, -0.05) is 0 Å². The van der Waals surface area contributed by atoms with Crippen LogP contribution in [0.4, 0.5) is 11.4 Å². The highest BCUT2D eigenvalue weighted by molar-refractivity contribution is 7.91. The molecule has 2 bridgehead atoms. The number of hydrogen-bond acceptors (Lipinski definition) is 6. The van der Waals surface area contributed by atoms with Gasteiger partial charge in [0.05, 0.1) is 35.0 Å². The predicted octanol–water partition coefficient (Wildman–Crippen LogP) is 0.117. The highest BCUT2D eigenvalue weighted by Crippen LogP contribution is 2.34. The molecule has 0 saturated carbocycles. The lowest BCUT2D eigenvalue weighted by Gasteiger charge is -2.48. The number of carbonyl (C=O) groups excluding carboxylic acids is 1. The fourth-order valence-corrected chi connectivity index (χ4v) is 4.83. The molecule has 24 heavy (non-hydrogen) atoms. The second-order valence-corrected chi connectivity index (χ2v) is 9.05. The third-order valence-corrected chi connectivity index (χ3v) is 6.59. The van der Waals surface area contributed by atoms with Crippen LogP contribution < -0.4 is 10.6 Å². The maximum absolute atomic E-state index is 12.9. The molecule has 4 heterocycles. The molecule has 2 atom stereocenters. The van der Waals surface area contributed by atoms with Crippen LogP contribution in [-0.2, 0) is 14.6 Å². The molecular formula is C16H21N3O4S. The Bertz CT molecular complexity index is 750. The van der Waals surface area contributed by atoms with Crippen LogP contribution in [0.3, 0.4) is 0 Å². The van der Waals surface area contributed by atoms with Crippen LogP contribution in [0.15, 0.2) is 18.2 Å². The van der Waals surface area contributed by atoms with Gasteiger partial charge in [-0.05, 0) is 18.2 Å². The average Bonchev–Trinajstić information content (AvgIpc) is 2.53. The van der Waals surface area contributed by atoms with E-state index in [1.807, 2.05) is 6.07 Å². The first-order valence-corrected chi connectivity index (χ1v) is 10.0. The number of nitrogens with two attached hydrogens (primary N) is 1. The van der Waals surface area contributed by atoms with Crippen molar-refractivity contribution >= 4 is 27.1 Å². The van der Waals surface area contributed by atoms with Crippen molar-refractivity contribution in [3.63, 3.8) is 0 Å². The molecular weight excluding hydrogens is 330 g/mol. The first-order chi connectivity index (χ1) is 11.4. The van der Waals surface area contributed by atoms with Gasteiger partial charge >= 0.3 is 0 Å². The van der Waals surface area contributed by atoms with Crippen molar-refractivity contribution in [3.05, 3.63) is 23.8 Å². The monoisotopic (exact) mass is 351 g/mol. The van der Waals surface area contributed by atoms with Crippen LogP contribution in [0.2, 0.25) is 0 Å². The lowest BCUT2D eigenvalue weighted by atomic mass is 9.97. The molecule has 7 nitrogen and oxygen atoms in total. The van der Waals surface area contributed by atoms with Crippen molar-refractivity contribution in [2.45, 2.75) is 18.6 Å². The number of fused-ring (bicyclic) bond motifs is 2. The number of anilines is 2. The summed E-state index contributed by atoms with van der Waals surface area (Å²) in [6, 6.07) is 5.30. The van der Waals surface area contributed by atoms with Crippen LogP contribution in [0.5, 0.6) is 0 Å². The van der Waals surface area contributed by atoms with Crippen molar-refractivity contribution < 1.29 is 17.9 Å². The van der Waals surface area contributed by atoms with E-state index in [1.165, 1.54) is 0 Å². The summed E-state index contributed by atoms with van der Waals surface area (Å²) in [4.78, 5) is 16.7. The Balaban J connectivity index is 1.59. The second kappa shape index (κ2) is 5.63. The highest BCUT2D eigenvalue weighted by atomic mass is 32.2. The van der Waals surface area contributed by atoms with Crippen LogP contribution >= 0.6 is 0 Å². The minimum atomic E-state index is -3.01. The van der Waals surface area contributed by atoms with Crippen molar-refractivity contribution in [2.75, 3.05) is 48.3 Å². The maximum atomic E-state index is 12.9. The molecule has 1 aromatic carbocycles. The Kier molecular flexibility index (Phi) is 3.69. The molecule has 1 aromatic rings. The summed E-state index contributed by atoms with van der Waals surface area (Å²) in [6.07, 6.45) is 1.54. The molecule has 0 spiro atoms. The van der Waals surface area contributed by atoms with Crippen LogP contribution in [0.1, 0.15) is 16.8 Å². The van der Waals surface area contributed by atoms with E-state index >= 15 is 0 Å². The van der Waals surface area contributed by atoms with Crippen molar-refractivity contribution in [2.24, 2.45) is 0 Å². The molecule has 130 valence electrons. The van der Waals surface area contributed by atoms with Gasteiger partial charge in [0.25, 0.3) is 5.91 Å². The molecule has 0 aliphatic carbocycles. The van der Waals surface area contributed by atoms with Gasteiger partial charge in [-0.25, -0.2) is 8.42 Å². The zero-order valence-electron chi connectivity index (χ0n) is 13.3. The lowest BCUT2D eigenvalue weighted by molar-refractivity contribution is -0.133. The largest absolute Gasteiger partial charge is 0.399 e. The number of sulfone groups is 1. The Hall–Kier alpha value is -1.80. The molecule has 0 radical (unpaired) electrons. The number of carbonyl (C=O) groups is 1. The number of nitrogens with zero attached hydrogens (tertiary/aromatic N) is 2. The first-order valence-electron chi connectivity index (χ1n) is 8.21. The number of ether oxygens (including phenoxy) is 1. The molecule has 2 N–H and O–H groups in total. The van der Waals surface area contributed by atoms with E-state index in [9.17, 15) is 13.2 Å². The van der Waals surface area contributed by atoms with Crippen molar-refractivity contribution in [3.8, 4) is 0 Å². The molecule has 4 fully saturated rings. The normalized spacial score (nSPS) is 28.3. The standard InChI is InChI=1S/C16H21N3O4S/c17-11-1-2-14(16(20)18-3-5-24(21,22)6-4-18)15(7-11)19-9-12-8-13(10-19)23-12/h1-2,7,12-13H,3-6,8-10,17H2. The predicted molar refractivity (Wildman–Crippen MR) is 90.9 cm³/mol. The zero-order chi connectivity index (χ0) is 16.9. The van der Waals surface area contributed by atoms with Gasteiger partial charge in [0, 0.05) is 38.3 Å². The number of hydrogen-bond donors (Lipinski definition) is 1. The molecule has 5 rings (SSSR count). The molecule has 0 aromatic heterocycles. The van der Waals surface area contributed by atoms with Crippen LogP contribution in [-0.4, -0.2) is 69.1 Å². The fraction of sp³-hybridized carbons (Fsp3) is 0.562. The number of morpholine rings is 1. The minimum absolute atomic E-state index is 0.0325. The second-order valence-electron chi connectivity index (χ2n) is 6.74. The summed E-state index contributed by atoms with van der Waals surface area (Å²) < 4.78 is 28.8. The van der Waals surface area contributed by atoms with Gasteiger partial charge in [-0.3, -0.25) is 4.79 Å². The minimum Gasteiger partial charge on any atom is -0.399 e. The molecule has 1 amide bonds.